The molecule has 104 valence electrons. The lowest BCUT2D eigenvalue weighted by Crippen LogP contribution is -2.41. The number of nitro groups is 1. The van der Waals surface area contributed by atoms with Gasteiger partial charge < -0.3 is 4.84 Å². The SMILES string of the molecule is Cc1c([N+](=O)[O-])c(=O)n(C)c(=O)n1CCO[N+](=O)[O-]. The van der Waals surface area contributed by atoms with Crippen molar-refractivity contribution in [3.8, 4) is 0 Å². The molecular weight excluding hydrogens is 264 g/mol. The normalized spacial score (nSPS) is 10.2. The zero-order valence-corrected chi connectivity index (χ0v) is 10.1. The van der Waals surface area contributed by atoms with E-state index >= 15 is 0 Å². The number of nitrogens with zero attached hydrogens (tertiary/aromatic N) is 4. The first-order chi connectivity index (χ1) is 8.77. The molecule has 11 heteroatoms. The highest BCUT2D eigenvalue weighted by molar-refractivity contribution is 5.31. The molecular formula is C8H10N4O7. The Morgan fingerprint density at radius 2 is 1.84 bits per heavy atom. The second-order valence-electron chi connectivity index (χ2n) is 3.55. The van der Waals surface area contributed by atoms with Gasteiger partial charge in [-0.1, -0.05) is 0 Å². The number of hydrogen-bond donors (Lipinski definition) is 0. The summed E-state index contributed by atoms with van der Waals surface area (Å²) in [7, 11) is 1.09. The zero-order chi connectivity index (χ0) is 14.7. The van der Waals surface area contributed by atoms with Gasteiger partial charge in [-0.05, 0) is 6.92 Å². The summed E-state index contributed by atoms with van der Waals surface area (Å²) >= 11 is 0. The van der Waals surface area contributed by atoms with Crippen molar-refractivity contribution in [1.29, 1.82) is 0 Å². The molecule has 19 heavy (non-hydrogen) atoms. The molecule has 0 spiro atoms. The predicted octanol–water partition coefficient (Wildman–Crippen LogP) is -1.03. The van der Waals surface area contributed by atoms with Gasteiger partial charge in [0, 0.05) is 7.05 Å². The summed E-state index contributed by atoms with van der Waals surface area (Å²) in [6, 6.07) is 0. The number of hydrogen-bond acceptors (Lipinski definition) is 7. The molecule has 11 nitrogen and oxygen atoms in total. The predicted molar refractivity (Wildman–Crippen MR) is 60.3 cm³/mol. The fraction of sp³-hybridized carbons (Fsp3) is 0.500. The van der Waals surface area contributed by atoms with Crippen LogP contribution in [0.3, 0.4) is 0 Å². The molecule has 0 aliphatic carbocycles. The first-order valence-corrected chi connectivity index (χ1v) is 4.99. The maximum absolute atomic E-state index is 11.7. The topological polar surface area (TPSA) is 140 Å². The lowest BCUT2D eigenvalue weighted by molar-refractivity contribution is -0.758. The van der Waals surface area contributed by atoms with Crippen LogP contribution in [-0.4, -0.2) is 25.8 Å². The van der Waals surface area contributed by atoms with Crippen LogP contribution in [0.25, 0.3) is 0 Å². The van der Waals surface area contributed by atoms with Crippen LogP contribution >= 0.6 is 0 Å². The summed E-state index contributed by atoms with van der Waals surface area (Å²) < 4.78 is 1.44. The van der Waals surface area contributed by atoms with E-state index in [1.54, 1.807) is 0 Å². The summed E-state index contributed by atoms with van der Waals surface area (Å²) in [6.07, 6.45) is 0. The Labute approximate surface area is 104 Å². The van der Waals surface area contributed by atoms with Gasteiger partial charge in [0.1, 0.15) is 12.3 Å². The fourth-order valence-electron chi connectivity index (χ4n) is 1.53. The van der Waals surface area contributed by atoms with E-state index in [1.165, 1.54) is 6.92 Å². The van der Waals surface area contributed by atoms with Gasteiger partial charge in [-0.2, -0.15) is 0 Å². The molecule has 0 saturated carbocycles. The second-order valence-corrected chi connectivity index (χ2v) is 3.55. The van der Waals surface area contributed by atoms with Gasteiger partial charge in [-0.3, -0.25) is 24.0 Å². The minimum atomic E-state index is -1.04. The third-order valence-electron chi connectivity index (χ3n) is 2.47. The summed E-state index contributed by atoms with van der Waals surface area (Å²) in [5, 5.41) is 19.7. The van der Waals surface area contributed by atoms with E-state index in [1.807, 2.05) is 0 Å². The van der Waals surface area contributed by atoms with Gasteiger partial charge in [0.25, 0.3) is 5.09 Å². The van der Waals surface area contributed by atoms with Crippen molar-refractivity contribution < 1.29 is 14.8 Å². The highest BCUT2D eigenvalue weighted by Crippen LogP contribution is 2.09. The van der Waals surface area contributed by atoms with E-state index in [4.69, 9.17) is 0 Å². The molecule has 1 aromatic heterocycles. The van der Waals surface area contributed by atoms with Crippen LogP contribution in [0.15, 0.2) is 9.59 Å². The van der Waals surface area contributed by atoms with Crippen molar-refractivity contribution in [1.82, 2.24) is 9.13 Å². The quantitative estimate of drug-likeness (QED) is 0.494. The Hall–Kier alpha value is -2.72. The molecule has 1 heterocycles. The van der Waals surface area contributed by atoms with Crippen LogP contribution in [0.2, 0.25) is 0 Å². The highest BCUT2D eigenvalue weighted by atomic mass is 16.9. The van der Waals surface area contributed by atoms with Crippen LogP contribution in [0, 0.1) is 27.2 Å². The molecule has 0 amide bonds. The Morgan fingerprint density at radius 1 is 1.26 bits per heavy atom. The summed E-state index contributed by atoms with van der Waals surface area (Å²) in [5.74, 6) is 0. The van der Waals surface area contributed by atoms with Crippen LogP contribution in [0.4, 0.5) is 5.69 Å². The fourth-order valence-corrected chi connectivity index (χ4v) is 1.53. The smallest absolute Gasteiger partial charge is 0.312 e. The number of aromatic nitrogens is 2. The van der Waals surface area contributed by atoms with Gasteiger partial charge in [-0.25, -0.2) is 4.79 Å². The Morgan fingerprint density at radius 3 is 2.32 bits per heavy atom. The lowest BCUT2D eigenvalue weighted by atomic mass is 10.3. The van der Waals surface area contributed by atoms with Crippen molar-refractivity contribution in [2.24, 2.45) is 7.05 Å². The molecule has 0 aliphatic heterocycles. The maximum atomic E-state index is 11.7. The van der Waals surface area contributed by atoms with E-state index in [0.717, 1.165) is 11.6 Å². The lowest BCUT2D eigenvalue weighted by Gasteiger charge is -2.10. The van der Waals surface area contributed by atoms with Crippen molar-refractivity contribution in [3.63, 3.8) is 0 Å². The minimum Gasteiger partial charge on any atom is -0.312 e. The van der Waals surface area contributed by atoms with Gasteiger partial charge >= 0.3 is 16.9 Å². The molecule has 1 aromatic rings. The summed E-state index contributed by atoms with van der Waals surface area (Å²) in [5.41, 5.74) is -2.76. The molecule has 0 unspecified atom stereocenters. The molecule has 0 radical (unpaired) electrons. The van der Waals surface area contributed by atoms with E-state index in [0.29, 0.717) is 4.57 Å². The molecule has 0 saturated heterocycles. The average molecular weight is 274 g/mol. The zero-order valence-electron chi connectivity index (χ0n) is 10.1. The average Bonchev–Trinajstić information content (AvgIpc) is 2.30. The number of rotatable bonds is 5. The van der Waals surface area contributed by atoms with Gasteiger partial charge in [0.2, 0.25) is 0 Å². The van der Waals surface area contributed by atoms with Gasteiger partial charge in [0.15, 0.2) is 0 Å². The van der Waals surface area contributed by atoms with E-state index in [9.17, 15) is 29.8 Å². The molecule has 0 fully saturated rings. The minimum absolute atomic E-state index is 0.176. The first kappa shape index (κ1) is 14.3. The molecule has 0 bridgehead atoms. The molecule has 0 atom stereocenters. The summed E-state index contributed by atoms with van der Waals surface area (Å²) in [6.45, 7) is 0.483. The second kappa shape index (κ2) is 5.29. The van der Waals surface area contributed by atoms with E-state index in [2.05, 4.69) is 4.84 Å². The van der Waals surface area contributed by atoms with Gasteiger partial charge in [0.05, 0.1) is 11.5 Å². The molecule has 0 N–H and O–H groups in total. The Kier molecular flexibility index (Phi) is 3.99. The van der Waals surface area contributed by atoms with Gasteiger partial charge in [-0.15, -0.1) is 10.1 Å². The molecule has 1 rings (SSSR count). The highest BCUT2D eigenvalue weighted by Gasteiger charge is 2.23. The van der Waals surface area contributed by atoms with E-state index in [-0.39, 0.29) is 12.2 Å². The largest absolute Gasteiger partial charge is 0.353 e. The van der Waals surface area contributed by atoms with Crippen LogP contribution < -0.4 is 11.2 Å². The third-order valence-corrected chi connectivity index (χ3v) is 2.47. The first-order valence-electron chi connectivity index (χ1n) is 4.99. The Bertz CT molecular complexity index is 644. The van der Waals surface area contributed by atoms with E-state index < -0.39 is 33.6 Å². The third kappa shape index (κ3) is 2.75. The van der Waals surface area contributed by atoms with Crippen LogP contribution in [0.5, 0.6) is 0 Å². The van der Waals surface area contributed by atoms with Crippen molar-refractivity contribution in [2.75, 3.05) is 6.61 Å². The maximum Gasteiger partial charge on any atom is 0.353 e. The molecule has 0 aromatic carbocycles. The molecule has 0 aliphatic rings. The monoisotopic (exact) mass is 274 g/mol. The summed E-state index contributed by atoms with van der Waals surface area (Å²) in [4.78, 5) is 47.2. The van der Waals surface area contributed by atoms with Crippen LogP contribution in [-0.2, 0) is 18.4 Å². The van der Waals surface area contributed by atoms with Crippen molar-refractivity contribution >= 4 is 5.69 Å². The Balaban J connectivity index is 3.32. The van der Waals surface area contributed by atoms with Crippen molar-refractivity contribution in [3.05, 3.63) is 46.8 Å². The standard InChI is InChI=1S/C8H10N4O7/c1-5-6(11(15)16)7(13)9(2)8(14)10(5)3-4-19-12(17)18/h3-4H2,1-2H3. The van der Waals surface area contributed by atoms with Crippen molar-refractivity contribution in [2.45, 2.75) is 13.5 Å². The van der Waals surface area contributed by atoms with Crippen LogP contribution in [0.1, 0.15) is 5.69 Å².